The van der Waals surface area contributed by atoms with Crippen molar-refractivity contribution >= 4 is 17.5 Å². The molecule has 0 heterocycles. The largest absolute Gasteiger partial charge is 0.445 e. The summed E-state index contributed by atoms with van der Waals surface area (Å²) in [6.07, 6.45) is -0.215. The second-order valence-corrected chi connectivity index (χ2v) is 5.04. The summed E-state index contributed by atoms with van der Waals surface area (Å²) in [7, 11) is 0. The maximum absolute atomic E-state index is 11.6. The van der Waals surface area contributed by atoms with Gasteiger partial charge in [0.25, 0.3) is 0 Å². The minimum Gasteiger partial charge on any atom is -0.445 e. The van der Waals surface area contributed by atoms with Crippen LogP contribution in [0.1, 0.15) is 17.5 Å². The van der Waals surface area contributed by atoms with Gasteiger partial charge in [-0.05, 0) is 17.7 Å². The Hall–Kier alpha value is -3.53. The van der Waals surface area contributed by atoms with E-state index in [1.54, 1.807) is 6.07 Å². The van der Waals surface area contributed by atoms with Crippen LogP contribution in [0.2, 0.25) is 0 Å². The van der Waals surface area contributed by atoms with Gasteiger partial charge in [-0.2, -0.15) is 0 Å². The minimum atomic E-state index is -0.557. The van der Waals surface area contributed by atoms with E-state index < -0.39 is 11.0 Å². The number of amides is 1. The zero-order valence-electron chi connectivity index (χ0n) is 13.4. The first-order valence-electron chi connectivity index (χ1n) is 7.54. The highest BCUT2D eigenvalue weighted by Crippen LogP contribution is 2.24. The third kappa shape index (κ3) is 5.55. The van der Waals surface area contributed by atoms with Gasteiger partial charge in [0, 0.05) is 13.0 Å². The molecule has 1 amide bonds. The lowest BCUT2D eigenvalue weighted by Gasteiger charge is -2.05. The number of ether oxygens (including phenoxy) is 1. The second-order valence-electron chi connectivity index (χ2n) is 5.04. The minimum absolute atomic E-state index is 0.0689. The molecule has 0 saturated carbocycles. The maximum atomic E-state index is 11.6. The summed E-state index contributed by atoms with van der Waals surface area (Å²) in [6, 6.07) is 13.9. The maximum Gasteiger partial charge on any atom is 0.407 e. The number of hydrogen-bond acceptors (Lipinski definition) is 5. The fraction of sp³-hybridized carbons (Fsp3) is 0.167. The number of nitro benzene ring substituents is 1. The molecular formula is C18H17N3O4. The Labute approximate surface area is 144 Å². The molecule has 0 aliphatic rings. The van der Waals surface area contributed by atoms with E-state index in [1.165, 1.54) is 12.1 Å². The normalized spacial score (nSPS) is 9.60. The Morgan fingerprint density at radius 2 is 1.96 bits per heavy atom. The number of nitrogen functional groups attached to an aromatic ring is 1. The molecule has 0 aliphatic heterocycles. The average Bonchev–Trinajstić information content (AvgIpc) is 2.60. The molecule has 25 heavy (non-hydrogen) atoms. The molecule has 0 spiro atoms. The number of nitrogens with zero attached hydrogens (tertiary/aromatic N) is 1. The van der Waals surface area contributed by atoms with Crippen molar-refractivity contribution < 1.29 is 14.5 Å². The third-order valence-corrected chi connectivity index (χ3v) is 3.20. The van der Waals surface area contributed by atoms with E-state index in [1.807, 2.05) is 30.3 Å². The van der Waals surface area contributed by atoms with Crippen molar-refractivity contribution in [2.45, 2.75) is 13.0 Å². The summed E-state index contributed by atoms with van der Waals surface area (Å²) >= 11 is 0. The predicted octanol–water partition coefficient (Wildman–Crippen LogP) is 2.85. The zero-order chi connectivity index (χ0) is 18.1. The molecule has 7 heteroatoms. The van der Waals surface area contributed by atoms with E-state index in [0.29, 0.717) is 6.42 Å². The zero-order valence-corrected chi connectivity index (χ0v) is 13.4. The molecule has 0 unspecified atom stereocenters. The van der Waals surface area contributed by atoms with Crippen LogP contribution >= 0.6 is 0 Å². The third-order valence-electron chi connectivity index (χ3n) is 3.20. The molecule has 0 aliphatic carbocycles. The number of para-hydroxylation sites is 1. The van der Waals surface area contributed by atoms with E-state index in [0.717, 1.165) is 5.56 Å². The van der Waals surface area contributed by atoms with Crippen LogP contribution in [0.15, 0.2) is 48.5 Å². The van der Waals surface area contributed by atoms with E-state index in [2.05, 4.69) is 17.2 Å². The highest BCUT2D eigenvalue weighted by atomic mass is 16.6. The lowest BCUT2D eigenvalue weighted by Crippen LogP contribution is -2.24. The van der Waals surface area contributed by atoms with E-state index in [4.69, 9.17) is 10.5 Å². The van der Waals surface area contributed by atoms with Crippen molar-refractivity contribution in [1.82, 2.24) is 5.32 Å². The van der Waals surface area contributed by atoms with Crippen molar-refractivity contribution in [2.24, 2.45) is 0 Å². The molecule has 128 valence electrons. The second kappa shape index (κ2) is 8.93. The number of benzene rings is 2. The molecular weight excluding hydrogens is 322 g/mol. The molecule has 7 nitrogen and oxygen atoms in total. The average molecular weight is 339 g/mol. The summed E-state index contributed by atoms with van der Waals surface area (Å²) in [5.41, 5.74) is 6.60. The van der Waals surface area contributed by atoms with Crippen LogP contribution in [-0.2, 0) is 11.3 Å². The van der Waals surface area contributed by atoms with Crippen molar-refractivity contribution in [3.8, 4) is 11.8 Å². The van der Waals surface area contributed by atoms with Gasteiger partial charge in [-0.3, -0.25) is 10.1 Å². The van der Waals surface area contributed by atoms with Gasteiger partial charge in [0.05, 0.1) is 4.92 Å². The van der Waals surface area contributed by atoms with Crippen molar-refractivity contribution in [3.05, 3.63) is 69.8 Å². The van der Waals surface area contributed by atoms with E-state index in [-0.39, 0.29) is 30.1 Å². The topological polar surface area (TPSA) is 107 Å². The van der Waals surface area contributed by atoms with Gasteiger partial charge in [-0.25, -0.2) is 4.79 Å². The molecule has 0 bridgehead atoms. The number of anilines is 1. The SMILES string of the molecule is Nc1cccc(C#CCCNC(=O)OCc2ccccc2)c1[N+](=O)[O-]. The molecule has 0 fully saturated rings. The summed E-state index contributed by atoms with van der Waals surface area (Å²) in [6.45, 7) is 0.463. The number of carbonyl (C=O) groups is 1. The van der Waals surface area contributed by atoms with Gasteiger partial charge in [-0.15, -0.1) is 0 Å². The van der Waals surface area contributed by atoms with E-state index >= 15 is 0 Å². The summed E-state index contributed by atoms with van der Waals surface area (Å²) in [5.74, 6) is 5.48. The van der Waals surface area contributed by atoms with Gasteiger partial charge in [0.15, 0.2) is 0 Å². The Morgan fingerprint density at radius 3 is 2.68 bits per heavy atom. The first kappa shape index (κ1) is 17.8. The molecule has 0 saturated heterocycles. The number of nitro groups is 1. The van der Waals surface area contributed by atoms with E-state index in [9.17, 15) is 14.9 Å². The lowest BCUT2D eigenvalue weighted by molar-refractivity contribution is -0.384. The highest BCUT2D eigenvalue weighted by Gasteiger charge is 2.15. The number of carbonyl (C=O) groups excluding carboxylic acids is 1. The van der Waals surface area contributed by atoms with Crippen LogP contribution in [0.25, 0.3) is 0 Å². The summed E-state index contributed by atoms with van der Waals surface area (Å²) in [4.78, 5) is 22.0. The van der Waals surface area contributed by atoms with Crippen molar-refractivity contribution in [2.75, 3.05) is 12.3 Å². The number of hydrogen-bond donors (Lipinski definition) is 2. The molecule has 0 aromatic heterocycles. The van der Waals surface area contributed by atoms with Crippen LogP contribution in [0.5, 0.6) is 0 Å². The molecule has 0 radical (unpaired) electrons. The van der Waals surface area contributed by atoms with Crippen molar-refractivity contribution in [3.63, 3.8) is 0 Å². The first-order chi connectivity index (χ1) is 12.1. The van der Waals surface area contributed by atoms with Gasteiger partial charge < -0.3 is 15.8 Å². The summed E-state index contributed by atoms with van der Waals surface area (Å²) in [5, 5.41) is 13.6. The van der Waals surface area contributed by atoms with Crippen molar-refractivity contribution in [1.29, 1.82) is 0 Å². The van der Waals surface area contributed by atoms with Crippen LogP contribution < -0.4 is 11.1 Å². The molecule has 2 rings (SSSR count). The van der Waals surface area contributed by atoms with Gasteiger partial charge >= 0.3 is 11.8 Å². The fourth-order valence-electron chi connectivity index (χ4n) is 2.02. The van der Waals surface area contributed by atoms with Crippen LogP contribution in [0.4, 0.5) is 16.2 Å². The standard InChI is InChI=1S/C18H17N3O4/c19-16-11-6-10-15(17(16)21(23)24)9-4-5-12-20-18(22)25-13-14-7-2-1-3-8-14/h1-3,6-8,10-11H,5,12-13,19H2,(H,20,22). The van der Waals surface area contributed by atoms with Gasteiger partial charge in [-0.1, -0.05) is 48.2 Å². The quantitative estimate of drug-likeness (QED) is 0.286. The van der Waals surface area contributed by atoms with Gasteiger partial charge in [0.1, 0.15) is 17.9 Å². The molecule has 2 aromatic carbocycles. The monoisotopic (exact) mass is 339 g/mol. The van der Waals surface area contributed by atoms with Crippen LogP contribution in [0, 0.1) is 22.0 Å². The summed E-state index contributed by atoms with van der Waals surface area (Å²) < 4.78 is 5.06. The van der Waals surface area contributed by atoms with Gasteiger partial charge in [0.2, 0.25) is 0 Å². The molecule has 3 N–H and O–H groups in total. The van der Waals surface area contributed by atoms with Crippen LogP contribution in [-0.4, -0.2) is 17.6 Å². The highest BCUT2D eigenvalue weighted by molar-refractivity contribution is 5.67. The Morgan fingerprint density at radius 1 is 1.20 bits per heavy atom. The van der Waals surface area contributed by atoms with Crippen LogP contribution in [0.3, 0.4) is 0 Å². The number of nitrogens with two attached hydrogens (primary N) is 1. The Balaban J connectivity index is 1.79. The Kier molecular flexibility index (Phi) is 6.37. The molecule has 0 atom stereocenters. The first-order valence-corrected chi connectivity index (χ1v) is 7.54. The fourth-order valence-corrected chi connectivity index (χ4v) is 2.02. The Bertz CT molecular complexity index is 810. The molecule has 2 aromatic rings. The lowest BCUT2D eigenvalue weighted by atomic mass is 10.1. The smallest absolute Gasteiger partial charge is 0.407 e. The number of rotatable bonds is 5. The number of nitrogens with one attached hydrogen (secondary N) is 1. The number of alkyl carbamates (subject to hydrolysis) is 1. The predicted molar refractivity (Wildman–Crippen MR) is 93.6 cm³/mol.